The lowest BCUT2D eigenvalue weighted by Crippen LogP contribution is -2.26. The molecule has 2 rings (SSSR count). The summed E-state index contributed by atoms with van der Waals surface area (Å²) in [5.41, 5.74) is 0.909. The fraction of sp³-hybridized carbons (Fsp3) is 0.294. The van der Waals surface area contributed by atoms with Gasteiger partial charge in [-0.15, -0.1) is 11.3 Å². The molecule has 0 spiro atoms. The van der Waals surface area contributed by atoms with Gasteiger partial charge < -0.3 is 4.74 Å². The second-order valence-corrected chi connectivity index (χ2v) is 8.76. The van der Waals surface area contributed by atoms with Crippen molar-refractivity contribution in [2.75, 3.05) is 13.7 Å². The molecule has 124 valence electrons. The van der Waals surface area contributed by atoms with Gasteiger partial charge in [0.05, 0.1) is 4.90 Å². The van der Waals surface area contributed by atoms with Crippen LogP contribution in [0.2, 0.25) is 0 Å². The summed E-state index contributed by atoms with van der Waals surface area (Å²) < 4.78 is 32.1. The fourth-order valence-electron chi connectivity index (χ4n) is 2.22. The summed E-state index contributed by atoms with van der Waals surface area (Å²) in [4.78, 5) is 2.22. The van der Waals surface area contributed by atoms with Crippen molar-refractivity contribution in [3.63, 3.8) is 0 Å². The van der Waals surface area contributed by atoms with Gasteiger partial charge in [0.2, 0.25) is 10.0 Å². The number of rotatable bonds is 7. The Labute approximate surface area is 142 Å². The normalized spacial score (nSPS) is 11.7. The Kier molecular flexibility index (Phi) is 5.62. The van der Waals surface area contributed by atoms with Crippen LogP contribution in [0.3, 0.4) is 0 Å². The lowest BCUT2D eigenvalue weighted by atomic mass is 10.2. The number of aryl methyl sites for hydroxylation is 2. The molecule has 1 heterocycles. The summed E-state index contributed by atoms with van der Waals surface area (Å²) in [5.74, 6) is 0.739. The first-order chi connectivity index (χ1) is 10.8. The molecule has 1 aromatic heterocycles. The quantitative estimate of drug-likeness (QED) is 0.714. The molecule has 0 bridgehead atoms. The fourth-order valence-corrected chi connectivity index (χ4v) is 4.90. The van der Waals surface area contributed by atoms with E-state index < -0.39 is 10.0 Å². The highest BCUT2D eigenvalue weighted by atomic mass is 32.2. The number of hydrogen-bond donors (Lipinski definition) is 0. The van der Waals surface area contributed by atoms with E-state index in [2.05, 4.69) is 6.58 Å². The van der Waals surface area contributed by atoms with Crippen LogP contribution in [0.1, 0.15) is 15.3 Å². The summed E-state index contributed by atoms with van der Waals surface area (Å²) in [7, 11) is -1.87. The van der Waals surface area contributed by atoms with Gasteiger partial charge in [-0.05, 0) is 37.6 Å². The van der Waals surface area contributed by atoms with Crippen molar-refractivity contribution in [2.24, 2.45) is 0 Å². The summed E-state index contributed by atoms with van der Waals surface area (Å²) in [6.45, 7) is 8.12. The molecule has 0 aliphatic rings. The van der Waals surface area contributed by atoms with Crippen molar-refractivity contribution in [1.82, 2.24) is 4.31 Å². The average Bonchev–Trinajstić information content (AvgIpc) is 2.86. The van der Waals surface area contributed by atoms with Crippen LogP contribution in [-0.4, -0.2) is 26.4 Å². The number of thiophene rings is 1. The van der Waals surface area contributed by atoms with E-state index in [-0.39, 0.29) is 0 Å². The maximum Gasteiger partial charge on any atom is 0.244 e. The minimum absolute atomic E-state index is 0.318. The number of nitrogens with zero attached hydrogens (tertiary/aromatic N) is 1. The third kappa shape index (κ3) is 4.22. The molecule has 0 amide bonds. The maximum atomic E-state index is 12.7. The van der Waals surface area contributed by atoms with Crippen LogP contribution in [0.25, 0.3) is 0 Å². The largest absolute Gasteiger partial charge is 0.490 e. The molecular weight excluding hydrogens is 330 g/mol. The van der Waals surface area contributed by atoms with Crippen LogP contribution in [-0.2, 0) is 16.6 Å². The van der Waals surface area contributed by atoms with Gasteiger partial charge in [-0.3, -0.25) is 0 Å². The van der Waals surface area contributed by atoms with Crippen molar-refractivity contribution in [1.29, 1.82) is 0 Å². The Hall–Kier alpha value is -1.63. The van der Waals surface area contributed by atoms with Crippen LogP contribution in [0.15, 0.2) is 47.9 Å². The third-order valence-electron chi connectivity index (χ3n) is 3.38. The summed E-state index contributed by atoms with van der Waals surface area (Å²) >= 11 is 1.50. The molecule has 0 saturated carbocycles. The zero-order valence-corrected chi connectivity index (χ0v) is 15.2. The second kappa shape index (κ2) is 7.29. The van der Waals surface area contributed by atoms with Gasteiger partial charge in [0.25, 0.3) is 0 Å². The lowest BCUT2D eigenvalue weighted by molar-refractivity contribution is 0.363. The van der Waals surface area contributed by atoms with Gasteiger partial charge in [0.1, 0.15) is 12.4 Å². The van der Waals surface area contributed by atoms with Gasteiger partial charge >= 0.3 is 0 Å². The molecule has 6 heteroatoms. The zero-order chi connectivity index (χ0) is 17.0. The number of benzene rings is 1. The third-order valence-corrected chi connectivity index (χ3v) is 6.40. The van der Waals surface area contributed by atoms with Crippen LogP contribution < -0.4 is 4.74 Å². The lowest BCUT2D eigenvalue weighted by Gasteiger charge is -2.17. The van der Waals surface area contributed by atoms with E-state index in [1.54, 1.807) is 19.2 Å². The highest BCUT2D eigenvalue weighted by molar-refractivity contribution is 7.89. The van der Waals surface area contributed by atoms with Crippen molar-refractivity contribution in [3.05, 3.63) is 58.3 Å². The van der Waals surface area contributed by atoms with Gasteiger partial charge in [-0.1, -0.05) is 24.8 Å². The SMILES string of the molecule is C=CCOc1ccc(CN(C)S(=O)(=O)c2cc(C)sc2C)cc1. The molecule has 1 aromatic carbocycles. The monoisotopic (exact) mass is 351 g/mol. The predicted molar refractivity (Wildman–Crippen MR) is 94.6 cm³/mol. The summed E-state index contributed by atoms with van der Waals surface area (Å²) in [6.07, 6.45) is 1.68. The van der Waals surface area contributed by atoms with Crippen LogP contribution in [0, 0.1) is 13.8 Å². The van der Waals surface area contributed by atoms with E-state index in [0.717, 1.165) is 21.1 Å². The predicted octanol–water partition coefficient (Wildman–Crippen LogP) is 3.75. The number of ether oxygens (including phenoxy) is 1. The molecule has 0 radical (unpaired) electrons. The molecule has 0 N–H and O–H groups in total. The Balaban J connectivity index is 2.13. The second-order valence-electron chi connectivity index (χ2n) is 5.28. The van der Waals surface area contributed by atoms with Crippen LogP contribution in [0.4, 0.5) is 0 Å². The summed E-state index contributed by atoms with van der Waals surface area (Å²) in [6, 6.07) is 9.14. The smallest absolute Gasteiger partial charge is 0.244 e. The molecule has 2 aromatic rings. The van der Waals surface area contributed by atoms with Gasteiger partial charge in [0, 0.05) is 23.3 Å². The molecule has 0 aliphatic carbocycles. The van der Waals surface area contributed by atoms with Crippen molar-refractivity contribution >= 4 is 21.4 Å². The first kappa shape index (κ1) is 17.7. The van der Waals surface area contributed by atoms with Gasteiger partial charge in [-0.25, -0.2) is 8.42 Å². The van der Waals surface area contributed by atoms with Gasteiger partial charge in [0.15, 0.2) is 0 Å². The first-order valence-electron chi connectivity index (χ1n) is 7.20. The van der Waals surface area contributed by atoms with E-state index in [4.69, 9.17) is 4.74 Å². The van der Waals surface area contributed by atoms with E-state index in [9.17, 15) is 8.42 Å². The Morgan fingerprint density at radius 2 is 1.91 bits per heavy atom. The Bertz CT molecular complexity index is 777. The maximum absolute atomic E-state index is 12.7. The highest BCUT2D eigenvalue weighted by Gasteiger charge is 2.24. The first-order valence-corrected chi connectivity index (χ1v) is 9.46. The Morgan fingerprint density at radius 1 is 1.26 bits per heavy atom. The molecule has 0 atom stereocenters. The van der Waals surface area contributed by atoms with E-state index in [1.807, 2.05) is 38.1 Å². The van der Waals surface area contributed by atoms with E-state index in [1.165, 1.54) is 15.6 Å². The Morgan fingerprint density at radius 3 is 2.43 bits per heavy atom. The molecule has 0 unspecified atom stereocenters. The molecular formula is C17H21NO3S2. The van der Waals surface area contributed by atoms with Crippen molar-refractivity contribution in [3.8, 4) is 5.75 Å². The minimum Gasteiger partial charge on any atom is -0.490 e. The summed E-state index contributed by atoms with van der Waals surface area (Å²) in [5, 5.41) is 0. The highest BCUT2D eigenvalue weighted by Crippen LogP contribution is 2.28. The molecule has 0 fully saturated rings. The van der Waals surface area contributed by atoms with Crippen LogP contribution in [0.5, 0.6) is 5.75 Å². The number of hydrogen-bond acceptors (Lipinski definition) is 4. The van der Waals surface area contributed by atoms with Crippen molar-refractivity contribution < 1.29 is 13.2 Å². The molecule has 23 heavy (non-hydrogen) atoms. The average molecular weight is 351 g/mol. The van der Waals surface area contributed by atoms with Crippen LogP contribution >= 0.6 is 11.3 Å². The van der Waals surface area contributed by atoms with E-state index in [0.29, 0.717) is 18.0 Å². The molecule has 0 saturated heterocycles. The topological polar surface area (TPSA) is 46.6 Å². The molecule has 4 nitrogen and oxygen atoms in total. The minimum atomic E-state index is -3.47. The number of sulfonamides is 1. The van der Waals surface area contributed by atoms with Gasteiger partial charge in [-0.2, -0.15) is 4.31 Å². The zero-order valence-electron chi connectivity index (χ0n) is 13.6. The molecule has 0 aliphatic heterocycles. The van der Waals surface area contributed by atoms with Crippen molar-refractivity contribution in [2.45, 2.75) is 25.3 Å². The van der Waals surface area contributed by atoms with E-state index >= 15 is 0 Å². The standard InChI is InChI=1S/C17H21NO3S2/c1-5-10-21-16-8-6-15(7-9-16)12-18(4)23(19,20)17-11-13(2)22-14(17)3/h5-9,11H,1,10,12H2,2-4H3.